The molecule has 0 spiro atoms. The maximum Gasteiger partial charge on any atom is 0.189 e. The minimum Gasteiger partial charge on any atom is -0.449 e. The zero-order valence-electron chi connectivity index (χ0n) is 13.4. The summed E-state index contributed by atoms with van der Waals surface area (Å²) < 4.78 is 12.3. The average molecular weight is 335 g/mol. The highest BCUT2D eigenvalue weighted by atomic mass is 35.5. The summed E-state index contributed by atoms with van der Waals surface area (Å²) in [6, 6.07) is 18.1. The second-order valence-corrected chi connectivity index (χ2v) is 7.17. The van der Waals surface area contributed by atoms with Gasteiger partial charge in [-0.25, -0.2) is 0 Å². The van der Waals surface area contributed by atoms with Crippen molar-refractivity contribution in [3.05, 3.63) is 70.7 Å². The van der Waals surface area contributed by atoms with Crippen LogP contribution in [0.3, 0.4) is 0 Å². The van der Waals surface area contributed by atoms with Gasteiger partial charge in [0.15, 0.2) is 23.0 Å². The van der Waals surface area contributed by atoms with Crippen molar-refractivity contribution < 1.29 is 9.47 Å². The van der Waals surface area contributed by atoms with E-state index in [0.717, 1.165) is 11.3 Å². The Kier molecular flexibility index (Phi) is 2.64. The van der Waals surface area contributed by atoms with Crippen molar-refractivity contribution in [3.63, 3.8) is 0 Å². The molecule has 5 rings (SSSR count). The monoisotopic (exact) mass is 334 g/mol. The van der Waals surface area contributed by atoms with Crippen LogP contribution in [0.25, 0.3) is 11.1 Å². The molecule has 3 aromatic rings. The van der Waals surface area contributed by atoms with E-state index in [1.165, 1.54) is 16.7 Å². The van der Waals surface area contributed by atoms with Gasteiger partial charge in [-0.15, -0.1) is 0 Å². The summed E-state index contributed by atoms with van der Waals surface area (Å²) >= 11 is 6.56. The Hall–Kier alpha value is -2.45. The minimum absolute atomic E-state index is 0.120. The Morgan fingerprint density at radius 1 is 0.792 bits per heavy atom. The molecule has 0 N–H and O–H groups in total. The van der Waals surface area contributed by atoms with E-state index in [4.69, 9.17) is 21.1 Å². The standard InChI is InChI=1S/C21H15ClO2/c1-21(2)13-8-4-3-7-12(13)18-14(21)11-15(22)19-20(18)24-17-10-6-5-9-16(17)23-19/h3-11H,1-2H3. The molecular weight excluding hydrogens is 320 g/mol. The lowest BCUT2D eigenvalue weighted by Crippen LogP contribution is -2.15. The van der Waals surface area contributed by atoms with Gasteiger partial charge in [0, 0.05) is 11.0 Å². The highest BCUT2D eigenvalue weighted by Crippen LogP contribution is 2.60. The topological polar surface area (TPSA) is 18.5 Å². The van der Waals surface area contributed by atoms with Crippen LogP contribution in [-0.2, 0) is 5.41 Å². The van der Waals surface area contributed by atoms with E-state index in [9.17, 15) is 0 Å². The van der Waals surface area contributed by atoms with Crippen LogP contribution in [0.2, 0.25) is 5.02 Å². The fraction of sp³-hybridized carbons (Fsp3) is 0.143. The van der Waals surface area contributed by atoms with Crippen molar-refractivity contribution in [2.45, 2.75) is 19.3 Å². The summed E-state index contributed by atoms with van der Waals surface area (Å²) in [5, 5.41) is 0.583. The highest BCUT2D eigenvalue weighted by Gasteiger charge is 2.40. The van der Waals surface area contributed by atoms with E-state index in [1.807, 2.05) is 30.3 Å². The molecule has 24 heavy (non-hydrogen) atoms. The number of benzene rings is 3. The second-order valence-electron chi connectivity index (χ2n) is 6.76. The molecule has 0 saturated heterocycles. The van der Waals surface area contributed by atoms with Gasteiger partial charge in [-0.1, -0.05) is 61.8 Å². The Labute approximate surface area is 145 Å². The third kappa shape index (κ3) is 1.67. The first kappa shape index (κ1) is 13.9. The van der Waals surface area contributed by atoms with Crippen LogP contribution < -0.4 is 9.47 Å². The molecule has 2 aliphatic rings. The first-order chi connectivity index (χ1) is 11.6. The van der Waals surface area contributed by atoms with Crippen LogP contribution in [0.15, 0.2) is 54.6 Å². The highest BCUT2D eigenvalue weighted by molar-refractivity contribution is 6.32. The lowest BCUT2D eigenvalue weighted by atomic mass is 9.82. The third-order valence-electron chi connectivity index (χ3n) is 5.01. The fourth-order valence-electron chi connectivity index (χ4n) is 3.79. The molecule has 0 fully saturated rings. The minimum atomic E-state index is -0.120. The van der Waals surface area contributed by atoms with Gasteiger partial charge in [0.05, 0.1) is 5.02 Å². The Morgan fingerprint density at radius 2 is 1.42 bits per heavy atom. The average Bonchev–Trinajstić information content (AvgIpc) is 2.82. The number of fused-ring (bicyclic) bond motifs is 6. The Bertz CT molecular complexity index is 1000. The maximum absolute atomic E-state index is 6.56. The summed E-state index contributed by atoms with van der Waals surface area (Å²) in [7, 11) is 0. The van der Waals surface area contributed by atoms with Crippen LogP contribution in [0.5, 0.6) is 23.0 Å². The third-order valence-corrected chi connectivity index (χ3v) is 5.29. The number of rotatable bonds is 0. The molecule has 3 aromatic carbocycles. The molecule has 1 aliphatic carbocycles. The molecule has 0 saturated carbocycles. The smallest absolute Gasteiger partial charge is 0.189 e. The van der Waals surface area contributed by atoms with Crippen molar-refractivity contribution in [1.29, 1.82) is 0 Å². The molecular formula is C21H15ClO2. The summed E-state index contributed by atoms with van der Waals surface area (Å²) in [6.07, 6.45) is 0. The van der Waals surface area contributed by atoms with Crippen LogP contribution in [0.4, 0.5) is 0 Å². The van der Waals surface area contributed by atoms with Crippen molar-refractivity contribution in [2.75, 3.05) is 0 Å². The molecule has 3 heteroatoms. The van der Waals surface area contributed by atoms with E-state index in [2.05, 4.69) is 38.1 Å². The Balaban J connectivity index is 1.84. The van der Waals surface area contributed by atoms with Crippen molar-refractivity contribution in [1.82, 2.24) is 0 Å². The fourth-order valence-corrected chi connectivity index (χ4v) is 4.02. The van der Waals surface area contributed by atoms with Gasteiger partial charge >= 0.3 is 0 Å². The quantitative estimate of drug-likeness (QED) is 0.363. The zero-order valence-corrected chi connectivity index (χ0v) is 14.1. The number of hydrogen-bond acceptors (Lipinski definition) is 2. The van der Waals surface area contributed by atoms with Crippen molar-refractivity contribution in [3.8, 4) is 34.1 Å². The van der Waals surface area contributed by atoms with E-state index >= 15 is 0 Å². The number of ether oxygens (including phenoxy) is 2. The Morgan fingerprint density at radius 3 is 2.17 bits per heavy atom. The molecule has 0 unspecified atom stereocenters. The molecule has 0 radical (unpaired) electrons. The molecule has 0 amide bonds. The molecule has 1 aliphatic heterocycles. The van der Waals surface area contributed by atoms with Gasteiger partial charge in [-0.2, -0.15) is 0 Å². The maximum atomic E-state index is 6.56. The SMILES string of the molecule is CC1(C)c2ccccc2-c2c1cc(Cl)c1c2Oc2ccccc2O1. The van der Waals surface area contributed by atoms with E-state index in [-0.39, 0.29) is 5.41 Å². The molecule has 0 aromatic heterocycles. The predicted octanol–water partition coefficient (Wildman–Crippen LogP) is 6.54. The lowest BCUT2D eigenvalue weighted by Gasteiger charge is -2.26. The largest absolute Gasteiger partial charge is 0.449 e. The van der Waals surface area contributed by atoms with Crippen molar-refractivity contribution in [2.24, 2.45) is 0 Å². The van der Waals surface area contributed by atoms with Gasteiger partial charge < -0.3 is 9.47 Å². The second kappa shape index (κ2) is 4.55. The summed E-state index contributed by atoms with van der Waals surface area (Å²) in [5.41, 5.74) is 4.62. The normalized spacial score (nSPS) is 15.5. The van der Waals surface area contributed by atoms with Gasteiger partial charge in [0.25, 0.3) is 0 Å². The summed E-state index contributed by atoms with van der Waals surface area (Å²) in [5.74, 6) is 2.73. The number of hydrogen-bond donors (Lipinski definition) is 0. The van der Waals surface area contributed by atoms with Crippen LogP contribution in [0, 0.1) is 0 Å². The summed E-state index contributed by atoms with van der Waals surface area (Å²) in [4.78, 5) is 0. The number of para-hydroxylation sites is 2. The van der Waals surface area contributed by atoms with E-state index in [0.29, 0.717) is 22.3 Å². The molecule has 1 heterocycles. The molecule has 118 valence electrons. The van der Waals surface area contributed by atoms with Crippen LogP contribution in [0.1, 0.15) is 25.0 Å². The first-order valence-electron chi connectivity index (χ1n) is 7.99. The summed E-state index contributed by atoms with van der Waals surface area (Å²) in [6.45, 7) is 4.44. The van der Waals surface area contributed by atoms with E-state index in [1.54, 1.807) is 0 Å². The molecule has 0 atom stereocenters. The van der Waals surface area contributed by atoms with Crippen LogP contribution >= 0.6 is 11.6 Å². The van der Waals surface area contributed by atoms with Gasteiger partial charge in [0.2, 0.25) is 0 Å². The first-order valence-corrected chi connectivity index (χ1v) is 8.37. The van der Waals surface area contributed by atoms with Crippen molar-refractivity contribution >= 4 is 11.6 Å². The van der Waals surface area contributed by atoms with E-state index < -0.39 is 0 Å². The number of halogens is 1. The van der Waals surface area contributed by atoms with Crippen LogP contribution in [-0.4, -0.2) is 0 Å². The molecule has 2 nitrogen and oxygen atoms in total. The van der Waals surface area contributed by atoms with Gasteiger partial charge in [-0.05, 0) is 34.9 Å². The lowest BCUT2D eigenvalue weighted by molar-refractivity contribution is 0.360. The van der Waals surface area contributed by atoms with Gasteiger partial charge in [0.1, 0.15) is 0 Å². The molecule has 0 bridgehead atoms. The van der Waals surface area contributed by atoms with Gasteiger partial charge in [-0.3, -0.25) is 0 Å². The predicted molar refractivity (Wildman–Crippen MR) is 95.6 cm³/mol. The zero-order chi connectivity index (χ0) is 16.5.